The van der Waals surface area contributed by atoms with Crippen LogP contribution >= 0.6 is 0 Å². The molecule has 1 saturated heterocycles. The standard InChI is InChI=1S/C30H30N2O3/c33-30(31-29(28-12-7-21-34-28)24-8-3-1-4-9-24)25-17-19-32(20-18-25)22-23-13-15-27(16-14-23)35-26-10-5-2-6-11-26/h1-16,21,25,29H,17-20,22H2,(H,31,33). The molecule has 1 fully saturated rings. The number of amides is 1. The van der Waals surface area contributed by atoms with Gasteiger partial charge in [0, 0.05) is 12.5 Å². The van der Waals surface area contributed by atoms with Crippen molar-refractivity contribution in [3.63, 3.8) is 0 Å². The van der Waals surface area contributed by atoms with Crippen molar-refractivity contribution < 1.29 is 13.9 Å². The number of rotatable bonds is 8. The van der Waals surface area contributed by atoms with Crippen molar-refractivity contribution in [3.05, 3.63) is 120 Å². The first-order valence-electron chi connectivity index (χ1n) is 12.2. The van der Waals surface area contributed by atoms with E-state index in [0.717, 1.165) is 55.3 Å². The summed E-state index contributed by atoms with van der Waals surface area (Å²) in [5.41, 5.74) is 2.27. The molecule has 0 bridgehead atoms. The fraction of sp³-hybridized carbons (Fsp3) is 0.233. The van der Waals surface area contributed by atoms with Gasteiger partial charge in [-0.15, -0.1) is 0 Å². The fourth-order valence-electron chi connectivity index (χ4n) is 4.58. The normalized spacial score (nSPS) is 15.4. The Morgan fingerprint density at radius 1 is 0.857 bits per heavy atom. The number of nitrogens with one attached hydrogen (secondary N) is 1. The second kappa shape index (κ2) is 11.1. The van der Waals surface area contributed by atoms with Crippen LogP contribution in [0.3, 0.4) is 0 Å². The Bertz CT molecular complexity index is 1180. The zero-order valence-corrected chi connectivity index (χ0v) is 19.7. The maximum atomic E-state index is 13.1. The number of carbonyl (C=O) groups excluding carboxylic acids is 1. The highest BCUT2D eigenvalue weighted by molar-refractivity contribution is 5.79. The molecule has 5 nitrogen and oxygen atoms in total. The largest absolute Gasteiger partial charge is 0.467 e. The molecule has 1 aliphatic rings. The average Bonchev–Trinajstić information content (AvgIpc) is 3.45. The second-order valence-electron chi connectivity index (χ2n) is 8.98. The molecule has 1 N–H and O–H groups in total. The Morgan fingerprint density at radius 3 is 2.17 bits per heavy atom. The summed E-state index contributed by atoms with van der Waals surface area (Å²) in [6.45, 7) is 2.67. The highest BCUT2D eigenvalue weighted by atomic mass is 16.5. The van der Waals surface area contributed by atoms with Gasteiger partial charge in [0.05, 0.1) is 6.26 Å². The lowest BCUT2D eigenvalue weighted by Crippen LogP contribution is -2.41. The van der Waals surface area contributed by atoms with E-state index in [0.29, 0.717) is 0 Å². The van der Waals surface area contributed by atoms with Gasteiger partial charge in [-0.25, -0.2) is 0 Å². The molecular weight excluding hydrogens is 436 g/mol. The number of hydrogen-bond acceptors (Lipinski definition) is 4. The molecule has 0 aliphatic carbocycles. The molecule has 1 aromatic heterocycles. The molecule has 0 saturated carbocycles. The SMILES string of the molecule is O=C(NC(c1ccccc1)c1ccco1)C1CCN(Cc2ccc(Oc3ccccc3)cc2)CC1. The molecule has 5 rings (SSSR count). The molecule has 1 amide bonds. The van der Waals surface area contributed by atoms with Crippen LogP contribution in [0, 0.1) is 5.92 Å². The summed E-state index contributed by atoms with van der Waals surface area (Å²) in [6.07, 6.45) is 3.34. The van der Waals surface area contributed by atoms with Crippen LogP contribution in [0.2, 0.25) is 0 Å². The molecule has 4 aromatic rings. The first-order chi connectivity index (χ1) is 17.2. The third-order valence-corrected chi connectivity index (χ3v) is 6.51. The minimum absolute atomic E-state index is 0.00840. The first-order valence-corrected chi connectivity index (χ1v) is 12.2. The molecule has 2 heterocycles. The molecule has 3 aromatic carbocycles. The van der Waals surface area contributed by atoms with Crippen LogP contribution in [0.5, 0.6) is 11.5 Å². The van der Waals surface area contributed by atoms with Crippen molar-refractivity contribution in [1.82, 2.24) is 10.2 Å². The number of hydrogen-bond donors (Lipinski definition) is 1. The van der Waals surface area contributed by atoms with Crippen LogP contribution in [0.1, 0.15) is 35.8 Å². The summed E-state index contributed by atoms with van der Waals surface area (Å²) in [4.78, 5) is 15.6. The molecule has 178 valence electrons. The number of benzene rings is 3. The predicted molar refractivity (Wildman–Crippen MR) is 136 cm³/mol. The van der Waals surface area contributed by atoms with E-state index in [-0.39, 0.29) is 17.9 Å². The van der Waals surface area contributed by atoms with Crippen molar-refractivity contribution in [2.75, 3.05) is 13.1 Å². The van der Waals surface area contributed by atoms with E-state index in [9.17, 15) is 4.79 Å². The van der Waals surface area contributed by atoms with Crippen LogP contribution in [-0.4, -0.2) is 23.9 Å². The summed E-state index contributed by atoms with van der Waals surface area (Å²) in [7, 11) is 0. The number of carbonyl (C=O) groups is 1. The quantitative estimate of drug-likeness (QED) is 0.336. The van der Waals surface area contributed by atoms with Crippen LogP contribution in [0.15, 0.2) is 108 Å². The van der Waals surface area contributed by atoms with E-state index in [1.54, 1.807) is 6.26 Å². The lowest BCUT2D eigenvalue weighted by molar-refractivity contribution is -0.127. The van der Waals surface area contributed by atoms with Gasteiger partial charge < -0.3 is 14.5 Å². The van der Waals surface area contributed by atoms with Crippen molar-refractivity contribution in [2.45, 2.75) is 25.4 Å². The zero-order valence-electron chi connectivity index (χ0n) is 19.7. The Labute approximate surface area is 206 Å². The number of ether oxygens (including phenoxy) is 1. The van der Waals surface area contributed by atoms with Gasteiger partial charge in [-0.05, 0) is 73.5 Å². The minimum atomic E-state index is -0.270. The molecular formula is C30H30N2O3. The van der Waals surface area contributed by atoms with Crippen molar-refractivity contribution in [2.24, 2.45) is 5.92 Å². The summed E-state index contributed by atoms with van der Waals surface area (Å²) in [5.74, 6) is 2.52. The molecule has 0 spiro atoms. The highest BCUT2D eigenvalue weighted by Crippen LogP contribution is 2.26. The van der Waals surface area contributed by atoms with E-state index >= 15 is 0 Å². The van der Waals surface area contributed by atoms with Gasteiger partial charge in [0.2, 0.25) is 5.91 Å². The van der Waals surface area contributed by atoms with Crippen LogP contribution < -0.4 is 10.1 Å². The maximum absolute atomic E-state index is 13.1. The third-order valence-electron chi connectivity index (χ3n) is 6.51. The predicted octanol–water partition coefficient (Wildman–Crippen LogP) is 6.19. The van der Waals surface area contributed by atoms with Gasteiger partial charge in [-0.1, -0.05) is 60.7 Å². The van der Waals surface area contributed by atoms with E-state index in [4.69, 9.17) is 9.15 Å². The van der Waals surface area contributed by atoms with Crippen molar-refractivity contribution >= 4 is 5.91 Å². The molecule has 1 unspecified atom stereocenters. The molecule has 1 atom stereocenters. The number of furan rings is 1. The lowest BCUT2D eigenvalue weighted by atomic mass is 9.94. The Morgan fingerprint density at radius 2 is 1.51 bits per heavy atom. The summed E-state index contributed by atoms with van der Waals surface area (Å²) in [5, 5.41) is 3.23. The summed E-state index contributed by atoms with van der Waals surface area (Å²) < 4.78 is 11.5. The fourth-order valence-corrected chi connectivity index (χ4v) is 4.58. The van der Waals surface area contributed by atoms with E-state index in [1.165, 1.54) is 5.56 Å². The Hall–Kier alpha value is -3.83. The van der Waals surface area contributed by atoms with Crippen molar-refractivity contribution in [3.8, 4) is 11.5 Å². The molecule has 5 heteroatoms. The maximum Gasteiger partial charge on any atom is 0.224 e. The highest BCUT2D eigenvalue weighted by Gasteiger charge is 2.28. The van der Waals surface area contributed by atoms with E-state index in [2.05, 4.69) is 22.3 Å². The van der Waals surface area contributed by atoms with Crippen LogP contribution in [-0.2, 0) is 11.3 Å². The Balaban J connectivity index is 1.13. The molecule has 0 radical (unpaired) electrons. The zero-order chi connectivity index (χ0) is 23.9. The van der Waals surface area contributed by atoms with Gasteiger partial charge in [-0.3, -0.25) is 9.69 Å². The van der Waals surface area contributed by atoms with Gasteiger partial charge in [0.1, 0.15) is 23.3 Å². The van der Waals surface area contributed by atoms with Gasteiger partial charge in [0.15, 0.2) is 0 Å². The average molecular weight is 467 g/mol. The first kappa shape index (κ1) is 22.9. The molecule has 1 aliphatic heterocycles. The smallest absolute Gasteiger partial charge is 0.224 e. The molecule has 35 heavy (non-hydrogen) atoms. The third kappa shape index (κ3) is 6.00. The summed E-state index contributed by atoms with van der Waals surface area (Å²) in [6, 6.07) is 31.5. The van der Waals surface area contributed by atoms with Gasteiger partial charge >= 0.3 is 0 Å². The van der Waals surface area contributed by atoms with Crippen LogP contribution in [0.25, 0.3) is 0 Å². The number of piperidine rings is 1. The lowest BCUT2D eigenvalue weighted by Gasteiger charge is -2.32. The number of para-hydroxylation sites is 1. The van der Waals surface area contributed by atoms with Gasteiger partial charge in [-0.2, -0.15) is 0 Å². The number of nitrogens with zero attached hydrogens (tertiary/aromatic N) is 1. The van der Waals surface area contributed by atoms with E-state index < -0.39 is 0 Å². The monoisotopic (exact) mass is 466 g/mol. The van der Waals surface area contributed by atoms with Gasteiger partial charge in [0.25, 0.3) is 0 Å². The van der Waals surface area contributed by atoms with E-state index in [1.807, 2.05) is 84.9 Å². The minimum Gasteiger partial charge on any atom is -0.467 e. The summed E-state index contributed by atoms with van der Waals surface area (Å²) >= 11 is 0. The topological polar surface area (TPSA) is 54.7 Å². The van der Waals surface area contributed by atoms with Crippen LogP contribution in [0.4, 0.5) is 0 Å². The number of likely N-dealkylation sites (tertiary alicyclic amines) is 1. The second-order valence-corrected chi connectivity index (χ2v) is 8.98. The van der Waals surface area contributed by atoms with Crippen molar-refractivity contribution in [1.29, 1.82) is 0 Å². The Kier molecular flexibility index (Phi) is 7.25.